The number of benzene rings is 3. The number of ether oxygens (including phenoxy) is 1. The maximum atomic E-state index is 13.1. The van der Waals surface area contributed by atoms with Gasteiger partial charge in [0.25, 0.3) is 5.91 Å². The molecule has 2 amide bonds. The van der Waals surface area contributed by atoms with Gasteiger partial charge in [0.15, 0.2) is 11.5 Å². The van der Waals surface area contributed by atoms with Crippen molar-refractivity contribution in [2.75, 3.05) is 13.2 Å². The van der Waals surface area contributed by atoms with Crippen molar-refractivity contribution in [3.05, 3.63) is 113 Å². The summed E-state index contributed by atoms with van der Waals surface area (Å²) in [6, 6.07) is 26.9. The lowest BCUT2D eigenvalue weighted by Gasteiger charge is -2.21. The molecule has 0 atom stereocenters. The molecule has 198 valence electrons. The summed E-state index contributed by atoms with van der Waals surface area (Å²) in [5, 5.41) is 15.6. The van der Waals surface area contributed by atoms with Crippen molar-refractivity contribution in [1.29, 1.82) is 0 Å². The van der Waals surface area contributed by atoms with Crippen molar-refractivity contribution in [2.24, 2.45) is 0 Å². The molecule has 0 saturated carbocycles. The minimum absolute atomic E-state index is 0.0171. The van der Waals surface area contributed by atoms with Gasteiger partial charge in [-0.3, -0.25) is 9.59 Å². The highest BCUT2D eigenvalue weighted by Crippen LogP contribution is 2.44. The quantitative estimate of drug-likeness (QED) is 0.304. The number of nitrogens with one attached hydrogen (secondary N) is 1. The highest BCUT2D eigenvalue weighted by molar-refractivity contribution is 5.92. The van der Waals surface area contributed by atoms with Crippen LogP contribution in [0.1, 0.15) is 45.3 Å². The van der Waals surface area contributed by atoms with Crippen LogP contribution in [0.3, 0.4) is 0 Å². The third kappa shape index (κ3) is 5.98. The Morgan fingerprint density at radius 1 is 0.923 bits per heavy atom. The van der Waals surface area contributed by atoms with Crippen LogP contribution in [-0.4, -0.2) is 46.3 Å². The predicted octanol–water partition coefficient (Wildman–Crippen LogP) is 4.83. The van der Waals surface area contributed by atoms with Gasteiger partial charge in [-0.2, -0.15) is 0 Å². The van der Waals surface area contributed by atoms with Crippen LogP contribution in [0.4, 0.5) is 4.79 Å². The van der Waals surface area contributed by atoms with E-state index in [1.807, 2.05) is 66.7 Å². The number of aromatic nitrogens is 1. The van der Waals surface area contributed by atoms with Crippen molar-refractivity contribution < 1.29 is 28.8 Å². The Morgan fingerprint density at radius 2 is 1.56 bits per heavy atom. The Kier molecular flexibility index (Phi) is 7.68. The Labute approximate surface area is 225 Å². The molecule has 1 heterocycles. The second-order valence-electron chi connectivity index (χ2n) is 9.21. The van der Waals surface area contributed by atoms with Crippen LogP contribution in [0, 0.1) is 0 Å². The molecule has 0 fully saturated rings. The average molecular weight is 526 g/mol. The summed E-state index contributed by atoms with van der Waals surface area (Å²) >= 11 is 0. The molecule has 2 N–H and O–H groups in total. The van der Waals surface area contributed by atoms with E-state index in [-0.39, 0.29) is 50.0 Å². The second-order valence-corrected chi connectivity index (χ2v) is 9.21. The summed E-state index contributed by atoms with van der Waals surface area (Å²) in [4.78, 5) is 38.0. The lowest BCUT2D eigenvalue weighted by atomic mass is 9.98. The molecule has 0 spiro atoms. The Bertz CT molecular complexity index is 1440. The Hall–Kier alpha value is -4.92. The van der Waals surface area contributed by atoms with Crippen LogP contribution in [0.25, 0.3) is 11.1 Å². The van der Waals surface area contributed by atoms with Gasteiger partial charge >= 0.3 is 12.1 Å². The van der Waals surface area contributed by atoms with Crippen molar-refractivity contribution >= 4 is 18.0 Å². The number of aliphatic carboxylic acids is 1. The van der Waals surface area contributed by atoms with Crippen LogP contribution in [0.5, 0.6) is 0 Å². The number of hydrogen-bond donors (Lipinski definition) is 2. The summed E-state index contributed by atoms with van der Waals surface area (Å²) in [6.07, 6.45) is -0.819. The van der Waals surface area contributed by atoms with E-state index < -0.39 is 18.0 Å². The van der Waals surface area contributed by atoms with Crippen LogP contribution in [0.2, 0.25) is 0 Å². The van der Waals surface area contributed by atoms with Gasteiger partial charge in [-0.25, -0.2) is 4.79 Å². The average Bonchev–Trinajstić information content (AvgIpc) is 3.56. The van der Waals surface area contributed by atoms with E-state index >= 15 is 0 Å². The monoisotopic (exact) mass is 525 g/mol. The van der Waals surface area contributed by atoms with Gasteiger partial charge in [-0.1, -0.05) is 84.0 Å². The van der Waals surface area contributed by atoms with Crippen molar-refractivity contribution in [3.8, 4) is 11.1 Å². The van der Waals surface area contributed by atoms with E-state index in [1.54, 1.807) is 0 Å². The topological polar surface area (TPSA) is 122 Å². The molecule has 1 aromatic heterocycles. The fourth-order valence-electron chi connectivity index (χ4n) is 4.75. The number of carboxylic acid groups (broad SMARTS) is 1. The van der Waals surface area contributed by atoms with Crippen LogP contribution >= 0.6 is 0 Å². The van der Waals surface area contributed by atoms with E-state index in [0.717, 1.165) is 27.8 Å². The Balaban J connectivity index is 1.17. The number of amides is 2. The van der Waals surface area contributed by atoms with E-state index in [2.05, 4.69) is 22.6 Å². The molecule has 4 aromatic rings. The van der Waals surface area contributed by atoms with Gasteiger partial charge in [-0.15, -0.1) is 0 Å². The number of hydrogen-bond acceptors (Lipinski definition) is 6. The number of carboxylic acids is 1. The largest absolute Gasteiger partial charge is 0.481 e. The lowest BCUT2D eigenvalue weighted by Crippen LogP contribution is -2.32. The van der Waals surface area contributed by atoms with E-state index in [4.69, 9.17) is 14.4 Å². The predicted molar refractivity (Wildman–Crippen MR) is 142 cm³/mol. The number of rotatable bonds is 10. The number of carbonyl (C=O) groups excluding carboxylic acids is 2. The molecule has 1 aliphatic carbocycles. The molecule has 3 aromatic carbocycles. The van der Waals surface area contributed by atoms with E-state index in [0.29, 0.717) is 0 Å². The highest BCUT2D eigenvalue weighted by Gasteiger charge is 2.29. The fourth-order valence-corrected chi connectivity index (χ4v) is 4.75. The first-order chi connectivity index (χ1) is 19.0. The molecule has 9 nitrogen and oxygen atoms in total. The molecule has 0 saturated heterocycles. The zero-order chi connectivity index (χ0) is 27.2. The lowest BCUT2D eigenvalue weighted by molar-refractivity contribution is -0.137. The minimum atomic E-state index is -1.01. The highest BCUT2D eigenvalue weighted by atomic mass is 16.5. The Morgan fingerprint density at radius 3 is 2.23 bits per heavy atom. The molecular weight excluding hydrogens is 498 g/mol. The SMILES string of the molecule is O=C(O)CCN(Cc1ccccc1)C(=O)c1cc(CNC(=O)OCC2c3ccccc3-c3ccccc32)on1. The summed E-state index contributed by atoms with van der Waals surface area (Å²) in [7, 11) is 0. The van der Waals surface area contributed by atoms with Gasteiger partial charge in [-0.05, 0) is 27.8 Å². The van der Waals surface area contributed by atoms with Crippen molar-refractivity contribution in [3.63, 3.8) is 0 Å². The number of fused-ring (bicyclic) bond motifs is 3. The molecule has 5 rings (SSSR count). The third-order valence-corrected chi connectivity index (χ3v) is 6.63. The summed E-state index contributed by atoms with van der Waals surface area (Å²) < 4.78 is 10.8. The molecule has 0 bridgehead atoms. The van der Waals surface area contributed by atoms with E-state index in [9.17, 15) is 14.4 Å². The standard InChI is InChI=1S/C30H27N3O6/c34-28(35)14-15-33(18-20-8-2-1-3-9-20)29(36)27-16-21(39-32-27)17-31-30(37)38-19-26-24-12-6-4-10-22(24)23-11-5-7-13-25(23)26/h1-13,16,26H,14-15,17-19H2,(H,31,37)(H,34,35). The first-order valence-corrected chi connectivity index (χ1v) is 12.6. The molecule has 9 heteroatoms. The van der Waals surface area contributed by atoms with Gasteiger partial charge in [0.05, 0.1) is 13.0 Å². The smallest absolute Gasteiger partial charge is 0.407 e. The first-order valence-electron chi connectivity index (χ1n) is 12.6. The zero-order valence-corrected chi connectivity index (χ0v) is 21.1. The number of carbonyl (C=O) groups is 3. The second kappa shape index (κ2) is 11.6. The number of alkyl carbamates (subject to hydrolysis) is 1. The van der Waals surface area contributed by atoms with Gasteiger partial charge in [0.1, 0.15) is 6.61 Å². The molecular formula is C30H27N3O6. The van der Waals surface area contributed by atoms with Crippen LogP contribution in [-0.2, 0) is 22.6 Å². The van der Waals surface area contributed by atoms with Gasteiger partial charge < -0.3 is 24.6 Å². The zero-order valence-electron chi connectivity index (χ0n) is 21.1. The fraction of sp³-hybridized carbons (Fsp3) is 0.200. The summed E-state index contributed by atoms with van der Waals surface area (Å²) in [5.74, 6) is -1.26. The molecule has 1 aliphatic rings. The van der Waals surface area contributed by atoms with Crippen molar-refractivity contribution in [1.82, 2.24) is 15.4 Å². The number of nitrogens with zero attached hydrogens (tertiary/aromatic N) is 2. The van der Waals surface area contributed by atoms with Crippen LogP contribution < -0.4 is 5.32 Å². The van der Waals surface area contributed by atoms with Gasteiger partial charge in [0, 0.05) is 25.1 Å². The molecule has 0 radical (unpaired) electrons. The maximum absolute atomic E-state index is 13.1. The normalized spacial score (nSPS) is 11.9. The molecule has 0 aliphatic heterocycles. The van der Waals surface area contributed by atoms with Gasteiger partial charge in [0.2, 0.25) is 0 Å². The minimum Gasteiger partial charge on any atom is -0.481 e. The maximum Gasteiger partial charge on any atom is 0.407 e. The van der Waals surface area contributed by atoms with Crippen molar-refractivity contribution in [2.45, 2.75) is 25.4 Å². The first kappa shape index (κ1) is 25.7. The van der Waals surface area contributed by atoms with E-state index in [1.165, 1.54) is 11.0 Å². The van der Waals surface area contributed by atoms with Crippen LogP contribution in [0.15, 0.2) is 89.5 Å². The summed E-state index contributed by atoms with van der Waals surface area (Å²) in [5.41, 5.74) is 5.41. The molecule has 39 heavy (non-hydrogen) atoms. The third-order valence-electron chi connectivity index (χ3n) is 6.63. The molecule has 0 unspecified atom stereocenters. The summed E-state index contributed by atoms with van der Waals surface area (Å²) in [6.45, 7) is 0.402.